The Morgan fingerprint density at radius 2 is 2.14 bits per heavy atom. The lowest BCUT2D eigenvalue weighted by Crippen LogP contribution is -2.56. The zero-order chi connectivity index (χ0) is 16.5. The van der Waals surface area contributed by atoms with Crippen molar-refractivity contribution in [1.29, 1.82) is 0 Å². The average molecular weight is 336 g/mol. The Balaban J connectivity index is 2.12. The van der Waals surface area contributed by atoms with Crippen molar-refractivity contribution < 1.29 is 22.8 Å². The molecule has 1 aromatic rings. The molecule has 120 valence electrons. The van der Waals surface area contributed by atoms with Gasteiger partial charge in [-0.2, -0.15) is 13.2 Å². The Hall–Kier alpha value is -1.96. The molecule has 2 N–H and O–H groups in total. The smallest absolute Gasteiger partial charge is 0.353 e. The van der Waals surface area contributed by atoms with Crippen LogP contribution in [0.4, 0.5) is 23.7 Å². The number of hydrogen-bond donors (Lipinski definition) is 2. The van der Waals surface area contributed by atoms with Crippen LogP contribution in [0.1, 0.15) is 12.5 Å². The van der Waals surface area contributed by atoms with Gasteiger partial charge in [-0.1, -0.05) is 11.6 Å². The van der Waals surface area contributed by atoms with E-state index in [1.165, 1.54) is 4.90 Å². The molecule has 2 rings (SSSR count). The third-order valence-electron chi connectivity index (χ3n) is 3.29. The molecule has 1 fully saturated rings. The quantitative estimate of drug-likeness (QED) is 0.829. The van der Waals surface area contributed by atoms with Crippen molar-refractivity contribution in [2.45, 2.75) is 19.1 Å². The lowest BCUT2D eigenvalue weighted by molar-refractivity contribution is -0.137. The van der Waals surface area contributed by atoms with Gasteiger partial charge in [-0.3, -0.25) is 4.79 Å². The summed E-state index contributed by atoms with van der Waals surface area (Å²) in [7, 11) is 0. The summed E-state index contributed by atoms with van der Waals surface area (Å²) in [6.07, 6.45) is -4.56. The van der Waals surface area contributed by atoms with Crippen LogP contribution in [0, 0.1) is 0 Å². The molecule has 1 heterocycles. The molecule has 1 aliphatic heterocycles. The zero-order valence-corrected chi connectivity index (χ0v) is 12.3. The highest BCUT2D eigenvalue weighted by Crippen LogP contribution is 2.35. The number of rotatable bonds is 1. The largest absolute Gasteiger partial charge is 0.417 e. The molecule has 1 aromatic carbocycles. The molecule has 1 aliphatic rings. The summed E-state index contributed by atoms with van der Waals surface area (Å²) in [5.41, 5.74) is -0.848. The van der Waals surface area contributed by atoms with Crippen molar-refractivity contribution in [2.75, 3.05) is 18.4 Å². The van der Waals surface area contributed by atoms with Crippen molar-refractivity contribution in [3.8, 4) is 0 Å². The van der Waals surface area contributed by atoms with E-state index in [4.69, 9.17) is 11.6 Å². The molecule has 0 bridgehead atoms. The standard InChI is InChI=1S/C13H13ClF3N3O2/c1-7-11(21)18-4-5-20(7)12(22)19-8-2-3-9(10(14)6-8)13(15,16)17/h2-3,6-7H,4-5H2,1H3,(H,18,21)(H,19,22). The second kappa shape index (κ2) is 6.04. The highest BCUT2D eigenvalue weighted by atomic mass is 35.5. The summed E-state index contributed by atoms with van der Waals surface area (Å²) < 4.78 is 37.8. The maximum atomic E-state index is 12.6. The molecule has 9 heteroatoms. The van der Waals surface area contributed by atoms with E-state index in [0.717, 1.165) is 18.2 Å². The number of nitrogens with zero attached hydrogens (tertiary/aromatic N) is 1. The van der Waals surface area contributed by atoms with Crippen molar-refractivity contribution in [1.82, 2.24) is 10.2 Å². The van der Waals surface area contributed by atoms with Crippen molar-refractivity contribution >= 4 is 29.2 Å². The first-order valence-electron chi connectivity index (χ1n) is 6.42. The van der Waals surface area contributed by atoms with E-state index in [1.54, 1.807) is 6.92 Å². The first kappa shape index (κ1) is 16.4. The number of benzene rings is 1. The fraction of sp³-hybridized carbons (Fsp3) is 0.385. The van der Waals surface area contributed by atoms with Crippen molar-refractivity contribution in [3.05, 3.63) is 28.8 Å². The van der Waals surface area contributed by atoms with Gasteiger partial charge in [-0.05, 0) is 25.1 Å². The van der Waals surface area contributed by atoms with Gasteiger partial charge in [0.1, 0.15) is 6.04 Å². The third-order valence-corrected chi connectivity index (χ3v) is 3.60. The van der Waals surface area contributed by atoms with E-state index in [9.17, 15) is 22.8 Å². The second-order valence-electron chi connectivity index (χ2n) is 4.78. The number of alkyl halides is 3. The topological polar surface area (TPSA) is 61.4 Å². The van der Waals surface area contributed by atoms with Crippen LogP contribution in [0.5, 0.6) is 0 Å². The van der Waals surface area contributed by atoms with E-state index in [2.05, 4.69) is 10.6 Å². The van der Waals surface area contributed by atoms with E-state index in [1.807, 2.05) is 0 Å². The fourth-order valence-electron chi connectivity index (χ4n) is 2.08. The number of amides is 3. The number of urea groups is 1. The second-order valence-corrected chi connectivity index (χ2v) is 5.19. The van der Waals surface area contributed by atoms with E-state index >= 15 is 0 Å². The minimum Gasteiger partial charge on any atom is -0.353 e. The van der Waals surface area contributed by atoms with Crippen LogP contribution >= 0.6 is 11.6 Å². The molecule has 5 nitrogen and oxygen atoms in total. The minimum atomic E-state index is -4.56. The van der Waals surface area contributed by atoms with Gasteiger partial charge in [0.25, 0.3) is 0 Å². The van der Waals surface area contributed by atoms with Crippen LogP contribution in [0.15, 0.2) is 18.2 Å². The summed E-state index contributed by atoms with van der Waals surface area (Å²) in [6.45, 7) is 2.20. The van der Waals surface area contributed by atoms with Crippen LogP contribution < -0.4 is 10.6 Å². The number of carbonyl (C=O) groups excluding carboxylic acids is 2. The summed E-state index contributed by atoms with van der Waals surface area (Å²) >= 11 is 5.59. The molecule has 0 saturated carbocycles. The molecule has 1 atom stereocenters. The van der Waals surface area contributed by atoms with Crippen molar-refractivity contribution in [3.63, 3.8) is 0 Å². The Morgan fingerprint density at radius 3 is 2.73 bits per heavy atom. The van der Waals surface area contributed by atoms with Crippen LogP contribution in [0.25, 0.3) is 0 Å². The number of nitrogens with one attached hydrogen (secondary N) is 2. The number of carbonyl (C=O) groups is 2. The SMILES string of the molecule is CC1C(=O)NCCN1C(=O)Nc1ccc(C(F)(F)F)c(Cl)c1. The summed E-state index contributed by atoms with van der Waals surface area (Å²) in [4.78, 5) is 24.9. The first-order chi connectivity index (χ1) is 10.2. The number of piperazine rings is 1. The lowest BCUT2D eigenvalue weighted by atomic mass is 10.2. The molecular formula is C13H13ClF3N3O2. The molecule has 22 heavy (non-hydrogen) atoms. The van der Waals surface area contributed by atoms with Crippen LogP contribution in [0.3, 0.4) is 0 Å². The maximum Gasteiger partial charge on any atom is 0.417 e. The minimum absolute atomic E-state index is 0.126. The number of anilines is 1. The number of halogens is 4. The van der Waals surface area contributed by atoms with E-state index in [-0.39, 0.29) is 11.6 Å². The molecule has 1 saturated heterocycles. The zero-order valence-electron chi connectivity index (χ0n) is 11.5. The normalized spacial score (nSPS) is 18.9. The molecule has 1 unspecified atom stereocenters. The Morgan fingerprint density at radius 1 is 1.45 bits per heavy atom. The highest BCUT2D eigenvalue weighted by molar-refractivity contribution is 6.31. The number of hydrogen-bond acceptors (Lipinski definition) is 2. The lowest BCUT2D eigenvalue weighted by Gasteiger charge is -2.32. The van der Waals surface area contributed by atoms with Crippen molar-refractivity contribution in [2.24, 2.45) is 0 Å². The predicted molar refractivity (Wildman–Crippen MR) is 74.7 cm³/mol. The van der Waals surface area contributed by atoms with Gasteiger partial charge in [0.05, 0.1) is 10.6 Å². The average Bonchev–Trinajstić information content (AvgIpc) is 2.40. The van der Waals surface area contributed by atoms with Gasteiger partial charge in [-0.15, -0.1) is 0 Å². The van der Waals surface area contributed by atoms with Crippen LogP contribution in [0.2, 0.25) is 5.02 Å². The Bertz CT molecular complexity index is 607. The van der Waals surface area contributed by atoms with Gasteiger partial charge in [0, 0.05) is 18.8 Å². The fourth-order valence-corrected chi connectivity index (χ4v) is 2.37. The van der Waals surface area contributed by atoms with Gasteiger partial charge < -0.3 is 15.5 Å². The van der Waals surface area contributed by atoms with Crippen LogP contribution in [-0.4, -0.2) is 36.0 Å². The summed E-state index contributed by atoms with van der Waals surface area (Å²) in [6, 6.07) is 1.71. The van der Waals surface area contributed by atoms with Crippen LogP contribution in [-0.2, 0) is 11.0 Å². The molecule has 0 radical (unpaired) electrons. The van der Waals surface area contributed by atoms with Gasteiger partial charge in [-0.25, -0.2) is 4.79 Å². The molecular weight excluding hydrogens is 323 g/mol. The molecule has 0 spiro atoms. The third kappa shape index (κ3) is 3.44. The predicted octanol–water partition coefficient (Wildman–Crippen LogP) is 2.71. The highest BCUT2D eigenvalue weighted by Gasteiger charge is 2.33. The molecule has 0 aliphatic carbocycles. The van der Waals surface area contributed by atoms with Gasteiger partial charge >= 0.3 is 12.2 Å². The monoisotopic (exact) mass is 335 g/mol. The summed E-state index contributed by atoms with van der Waals surface area (Å²) in [5.74, 6) is -0.285. The Labute approximate surface area is 129 Å². The van der Waals surface area contributed by atoms with Gasteiger partial charge in [0.2, 0.25) is 5.91 Å². The first-order valence-corrected chi connectivity index (χ1v) is 6.80. The van der Waals surface area contributed by atoms with E-state index < -0.39 is 28.8 Å². The molecule has 3 amide bonds. The summed E-state index contributed by atoms with van der Waals surface area (Å²) in [5, 5.41) is 4.54. The van der Waals surface area contributed by atoms with E-state index in [0.29, 0.717) is 13.1 Å². The molecule has 0 aromatic heterocycles. The maximum absolute atomic E-state index is 12.6. The Kier molecular flexibility index (Phi) is 4.50. The van der Waals surface area contributed by atoms with Gasteiger partial charge in [0.15, 0.2) is 0 Å².